The lowest BCUT2D eigenvalue weighted by Crippen LogP contribution is -2.44. The minimum absolute atomic E-state index is 0.104. The number of carbonyl (C=O) groups is 1. The molecular formula is C13H22N2O2S. The van der Waals surface area contributed by atoms with Gasteiger partial charge in [-0.15, -0.1) is 0 Å². The van der Waals surface area contributed by atoms with Crippen LogP contribution in [0.3, 0.4) is 0 Å². The third kappa shape index (κ3) is 3.65. The number of hydrogen-bond acceptors (Lipinski definition) is 3. The van der Waals surface area contributed by atoms with Crippen molar-refractivity contribution in [1.29, 1.82) is 0 Å². The van der Waals surface area contributed by atoms with Crippen LogP contribution in [-0.4, -0.2) is 41.1 Å². The van der Waals surface area contributed by atoms with Crippen molar-refractivity contribution in [1.82, 2.24) is 4.90 Å². The molecule has 0 aromatic rings. The first-order chi connectivity index (χ1) is 8.66. The van der Waals surface area contributed by atoms with E-state index in [4.69, 9.17) is 22.7 Å². The third-order valence-corrected chi connectivity index (χ3v) is 3.97. The van der Waals surface area contributed by atoms with Crippen molar-refractivity contribution in [3.8, 4) is 0 Å². The van der Waals surface area contributed by atoms with Crippen LogP contribution in [0.2, 0.25) is 0 Å². The van der Waals surface area contributed by atoms with Gasteiger partial charge < -0.3 is 15.4 Å². The quantitative estimate of drug-likeness (QED) is 0.771. The molecule has 102 valence electrons. The Morgan fingerprint density at radius 1 is 1.28 bits per heavy atom. The van der Waals surface area contributed by atoms with Crippen molar-refractivity contribution in [3.63, 3.8) is 0 Å². The van der Waals surface area contributed by atoms with E-state index in [0.717, 1.165) is 32.3 Å². The zero-order chi connectivity index (χ0) is 13.0. The number of nitrogens with zero attached hydrogens (tertiary/aromatic N) is 1. The largest absolute Gasteiger partial charge is 0.392 e. The number of carbonyl (C=O) groups excluding carboxylic acids is 1. The van der Waals surface area contributed by atoms with E-state index in [2.05, 4.69) is 0 Å². The Labute approximate surface area is 114 Å². The van der Waals surface area contributed by atoms with E-state index < -0.39 is 0 Å². The molecule has 0 spiro atoms. The molecule has 2 rings (SSSR count). The summed E-state index contributed by atoms with van der Waals surface area (Å²) in [4.78, 5) is 14.6. The van der Waals surface area contributed by atoms with Gasteiger partial charge in [-0.1, -0.05) is 25.1 Å². The van der Waals surface area contributed by atoms with Gasteiger partial charge in [0.15, 0.2) is 0 Å². The average Bonchev–Trinajstić information content (AvgIpc) is 2.97. The van der Waals surface area contributed by atoms with Crippen LogP contribution in [0.25, 0.3) is 0 Å². The van der Waals surface area contributed by atoms with Crippen LogP contribution in [0, 0.1) is 0 Å². The van der Waals surface area contributed by atoms with E-state index in [9.17, 15) is 4.79 Å². The highest BCUT2D eigenvalue weighted by Gasteiger charge is 2.29. The number of amides is 1. The van der Waals surface area contributed by atoms with E-state index in [1.54, 1.807) is 0 Å². The van der Waals surface area contributed by atoms with Gasteiger partial charge in [-0.05, 0) is 25.7 Å². The molecular weight excluding hydrogens is 248 g/mol. The second-order valence-electron chi connectivity index (χ2n) is 5.27. The van der Waals surface area contributed by atoms with Gasteiger partial charge in [0, 0.05) is 12.6 Å². The Kier molecular flexibility index (Phi) is 4.95. The smallest absolute Gasteiger partial charge is 0.225 e. The second-order valence-corrected chi connectivity index (χ2v) is 5.79. The van der Waals surface area contributed by atoms with Crippen LogP contribution in [0.1, 0.15) is 44.9 Å². The molecule has 0 aromatic carbocycles. The van der Waals surface area contributed by atoms with Crippen LogP contribution >= 0.6 is 12.2 Å². The average molecular weight is 270 g/mol. The van der Waals surface area contributed by atoms with Gasteiger partial charge in [0.25, 0.3) is 0 Å². The molecule has 1 aliphatic carbocycles. The fraction of sp³-hybridized carbons (Fsp3) is 0.846. The molecule has 1 amide bonds. The van der Waals surface area contributed by atoms with Crippen molar-refractivity contribution in [3.05, 3.63) is 0 Å². The SMILES string of the molecule is NC(=S)CN(C(=O)CC1CCCO1)C1CCCC1. The summed E-state index contributed by atoms with van der Waals surface area (Å²) in [6.07, 6.45) is 7.22. The maximum absolute atomic E-state index is 12.4. The minimum Gasteiger partial charge on any atom is -0.392 e. The Balaban J connectivity index is 1.93. The standard InChI is InChI=1S/C13H22N2O2S/c14-12(18)9-15(10-4-1-2-5-10)13(16)8-11-6-3-7-17-11/h10-11H,1-9H2,(H2,14,18). The molecule has 1 saturated heterocycles. The summed E-state index contributed by atoms with van der Waals surface area (Å²) in [6, 6.07) is 0.334. The molecule has 0 bridgehead atoms. The van der Waals surface area contributed by atoms with Crippen molar-refractivity contribution in [2.24, 2.45) is 5.73 Å². The van der Waals surface area contributed by atoms with E-state index >= 15 is 0 Å². The zero-order valence-corrected chi connectivity index (χ0v) is 11.6. The monoisotopic (exact) mass is 270 g/mol. The van der Waals surface area contributed by atoms with Crippen LogP contribution in [0.4, 0.5) is 0 Å². The van der Waals surface area contributed by atoms with Crippen molar-refractivity contribution in [2.75, 3.05) is 13.2 Å². The maximum atomic E-state index is 12.4. The maximum Gasteiger partial charge on any atom is 0.225 e. The highest BCUT2D eigenvalue weighted by molar-refractivity contribution is 7.80. The fourth-order valence-electron chi connectivity index (χ4n) is 2.92. The first-order valence-corrected chi connectivity index (χ1v) is 7.27. The highest BCUT2D eigenvalue weighted by atomic mass is 32.1. The molecule has 2 fully saturated rings. The molecule has 1 saturated carbocycles. The minimum atomic E-state index is 0.104. The van der Waals surface area contributed by atoms with E-state index in [-0.39, 0.29) is 12.0 Å². The zero-order valence-electron chi connectivity index (χ0n) is 10.8. The predicted octanol–water partition coefficient (Wildman–Crippen LogP) is 1.61. The molecule has 18 heavy (non-hydrogen) atoms. The fourth-order valence-corrected chi connectivity index (χ4v) is 3.06. The van der Waals surface area contributed by atoms with Crippen molar-refractivity contribution >= 4 is 23.1 Å². The van der Waals surface area contributed by atoms with Gasteiger partial charge in [0.1, 0.15) is 0 Å². The normalized spacial score (nSPS) is 24.3. The molecule has 1 unspecified atom stereocenters. The van der Waals surface area contributed by atoms with Gasteiger partial charge in [-0.25, -0.2) is 0 Å². The van der Waals surface area contributed by atoms with E-state index in [0.29, 0.717) is 24.0 Å². The predicted molar refractivity (Wildman–Crippen MR) is 74.3 cm³/mol. The molecule has 0 aromatic heterocycles. The summed E-state index contributed by atoms with van der Waals surface area (Å²) < 4.78 is 5.53. The molecule has 1 atom stereocenters. The highest BCUT2D eigenvalue weighted by Crippen LogP contribution is 2.25. The summed E-state index contributed by atoms with van der Waals surface area (Å²) >= 11 is 4.96. The van der Waals surface area contributed by atoms with Crippen LogP contribution in [-0.2, 0) is 9.53 Å². The molecule has 1 aliphatic heterocycles. The first-order valence-electron chi connectivity index (χ1n) is 6.86. The molecule has 5 heteroatoms. The van der Waals surface area contributed by atoms with Crippen LogP contribution in [0.5, 0.6) is 0 Å². The lowest BCUT2D eigenvalue weighted by molar-refractivity contribution is -0.134. The molecule has 2 N–H and O–H groups in total. The Morgan fingerprint density at radius 2 is 2.00 bits per heavy atom. The first kappa shape index (κ1) is 13.7. The number of rotatable bonds is 5. The van der Waals surface area contributed by atoms with E-state index in [1.807, 2.05) is 4.90 Å². The number of thiocarbonyl (C=S) groups is 1. The van der Waals surface area contributed by atoms with Gasteiger partial charge >= 0.3 is 0 Å². The molecule has 2 aliphatic rings. The van der Waals surface area contributed by atoms with Gasteiger partial charge in [-0.2, -0.15) is 0 Å². The lowest BCUT2D eigenvalue weighted by atomic mass is 10.1. The molecule has 4 nitrogen and oxygen atoms in total. The number of nitrogens with two attached hydrogens (primary N) is 1. The van der Waals surface area contributed by atoms with Gasteiger partial charge in [0.05, 0.1) is 24.1 Å². The summed E-state index contributed by atoms with van der Waals surface area (Å²) in [5.41, 5.74) is 5.61. The van der Waals surface area contributed by atoms with Gasteiger partial charge in [-0.3, -0.25) is 4.79 Å². The molecule has 1 heterocycles. The topological polar surface area (TPSA) is 55.6 Å². The summed E-state index contributed by atoms with van der Waals surface area (Å²) in [7, 11) is 0. The third-order valence-electron chi connectivity index (χ3n) is 3.84. The Morgan fingerprint density at radius 3 is 2.56 bits per heavy atom. The van der Waals surface area contributed by atoms with Crippen molar-refractivity contribution < 1.29 is 9.53 Å². The Hall–Kier alpha value is -0.680. The van der Waals surface area contributed by atoms with E-state index in [1.165, 1.54) is 12.8 Å². The second kappa shape index (κ2) is 6.48. The van der Waals surface area contributed by atoms with Gasteiger partial charge in [0.2, 0.25) is 5.91 Å². The summed E-state index contributed by atoms with van der Waals surface area (Å²) in [6.45, 7) is 1.21. The Bertz CT molecular complexity index is 310. The molecule has 0 radical (unpaired) electrons. The van der Waals surface area contributed by atoms with Crippen molar-refractivity contribution in [2.45, 2.75) is 57.1 Å². The lowest BCUT2D eigenvalue weighted by Gasteiger charge is -2.29. The van der Waals surface area contributed by atoms with Crippen LogP contribution < -0.4 is 5.73 Å². The number of hydrogen-bond donors (Lipinski definition) is 1. The van der Waals surface area contributed by atoms with Crippen LogP contribution in [0.15, 0.2) is 0 Å². The summed E-state index contributed by atoms with van der Waals surface area (Å²) in [5, 5.41) is 0. The number of ether oxygens (including phenoxy) is 1. The summed E-state index contributed by atoms with van der Waals surface area (Å²) in [5.74, 6) is 0.154.